The van der Waals surface area contributed by atoms with E-state index in [1.165, 1.54) is 22.2 Å². The number of esters is 1. The molecule has 0 aliphatic heterocycles. The van der Waals surface area contributed by atoms with Gasteiger partial charge in [0.15, 0.2) is 5.13 Å². The third kappa shape index (κ3) is 4.84. The number of para-hydroxylation sites is 1. The molecule has 0 saturated heterocycles. The SMILES string of the molecule is Cc1c(C(=O)OCCOc2ccccc2)sc2ncn(CC(=O)Nc3nccs3)c(=O)c12. The highest BCUT2D eigenvalue weighted by Gasteiger charge is 2.21. The van der Waals surface area contributed by atoms with Crippen LogP contribution in [0.2, 0.25) is 0 Å². The molecule has 1 N–H and O–H groups in total. The number of aromatic nitrogens is 3. The van der Waals surface area contributed by atoms with E-state index < -0.39 is 17.4 Å². The number of thiophene rings is 1. The first kappa shape index (κ1) is 21.7. The van der Waals surface area contributed by atoms with Crippen LogP contribution < -0.4 is 15.6 Å². The van der Waals surface area contributed by atoms with Crippen molar-refractivity contribution in [1.29, 1.82) is 0 Å². The van der Waals surface area contributed by atoms with Crippen molar-refractivity contribution < 1.29 is 19.1 Å². The van der Waals surface area contributed by atoms with Crippen molar-refractivity contribution in [3.63, 3.8) is 0 Å². The van der Waals surface area contributed by atoms with Crippen LogP contribution in [0.4, 0.5) is 5.13 Å². The molecule has 3 aromatic heterocycles. The molecule has 32 heavy (non-hydrogen) atoms. The van der Waals surface area contributed by atoms with E-state index in [1.807, 2.05) is 30.3 Å². The summed E-state index contributed by atoms with van der Waals surface area (Å²) >= 11 is 2.36. The largest absolute Gasteiger partial charge is 0.490 e. The van der Waals surface area contributed by atoms with Gasteiger partial charge in [-0.3, -0.25) is 14.2 Å². The molecule has 0 fully saturated rings. The van der Waals surface area contributed by atoms with Gasteiger partial charge in [-0.1, -0.05) is 18.2 Å². The van der Waals surface area contributed by atoms with Crippen LogP contribution in [-0.4, -0.2) is 39.6 Å². The van der Waals surface area contributed by atoms with Crippen molar-refractivity contribution in [2.45, 2.75) is 13.5 Å². The average Bonchev–Trinajstić information content (AvgIpc) is 3.42. The van der Waals surface area contributed by atoms with Crippen molar-refractivity contribution in [3.05, 3.63) is 69.0 Å². The molecule has 164 valence electrons. The Kier molecular flexibility index (Phi) is 6.57. The number of carbonyl (C=O) groups is 2. The Balaban J connectivity index is 1.43. The molecule has 0 saturated carbocycles. The van der Waals surface area contributed by atoms with Crippen molar-refractivity contribution in [3.8, 4) is 5.75 Å². The van der Waals surface area contributed by atoms with Gasteiger partial charge in [0.1, 0.15) is 35.2 Å². The molecular formula is C21H18N4O5S2. The number of hydrogen-bond donors (Lipinski definition) is 1. The van der Waals surface area contributed by atoms with Gasteiger partial charge in [0.2, 0.25) is 5.91 Å². The quantitative estimate of drug-likeness (QED) is 0.311. The van der Waals surface area contributed by atoms with Crippen LogP contribution >= 0.6 is 22.7 Å². The molecule has 3 heterocycles. The van der Waals surface area contributed by atoms with Crippen LogP contribution in [0.3, 0.4) is 0 Å². The normalized spacial score (nSPS) is 10.8. The maximum Gasteiger partial charge on any atom is 0.348 e. The van der Waals surface area contributed by atoms with Crippen LogP contribution in [0, 0.1) is 6.92 Å². The fourth-order valence-electron chi connectivity index (χ4n) is 2.94. The van der Waals surface area contributed by atoms with Crippen molar-refractivity contribution in [2.24, 2.45) is 0 Å². The number of nitrogens with zero attached hydrogens (tertiary/aromatic N) is 3. The van der Waals surface area contributed by atoms with Crippen molar-refractivity contribution >= 4 is 49.9 Å². The maximum atomic E-state index is 12.9. The van der Waals surface area contributed by atoms with E-state index in [-0.39, 0.29) is 19.8 Å². The van der Waals surface area contributed by atoms with Gasteiger partial charge >= 0.3 is 5.97 Å². The van der Waals surface area contributed by atoms with E-state index in [1.54, 1.807) is 18.5 Å². The fraction of sp³-hybridized carbons (Fsp3) is 0.190. The third-order valence-electron chi connectivity index (χ3n) is 4.42. The molecule has 11 heteroatoms. The molecule has 9 nitrogen and oxygen atoms in total. The first-order chi connectivity index (χ1) is 15.5. The molecule has 0 spiro atoms. The van der Waals surface area contributed by atoms with Crippen LogP contribution in [0.5, 0.6) is 5.75 Å². The number of thiazole rings is 1. The number of amides is 1. The summed E-state index contributed by atoms with van der Waals surface area (Å²) in [6, 6.07) is 9.21. The summed E-state index contributed by atoms with van der Waals surface area (Å²) in [5.41, 5.74) is 0.0793. The predicted octanol–water partition coefficient (Wildman–Crippen LogP) is 3.10. The lowest BCUT2D eigenvalue weighted by Gasteiger charge is -2.07. The van der Waals surface area contributed by atoms with Gasteiger partial charge in [0, 0.05) is 11.6 Å². The van der Waals surface area contributed by atoms with Gasteiger partial charge in [-0.05, 0) is 24.6 Å². The average molecular weight is 471 g/mol. The Hall–Kier alpha value is -3.57. The second-order valence-electron chi connectivity index (χ2n) is 6.60. The zero-order valence-electron chi connectivity index (χ0n) is 16.9. The number of fused-ring (bicyclic) bond motifs is 1. The minimum Gasteiger partial charge on any atom is -0.490 e. The van der Waals surface area contributed by atoms with Crippen LogP contribution in [-0.2, 0) is 16.1 Å². The summed E-state index contributed by atoms with van der Waals surface area (Å²) in [5, 5.41) is 5.10. The van der Waals surface area contributed by atoms with Gasteiger partial charge in [-0.15, -0.1) is 22.7 Å². The van der Waals surface area contributed by atoms with Crippen molar-refractivity contribution in [1.82, 2.24) is 14.5 Å². The summed E-state index contributed by atoms with van der Waals surface area (Å²) in [4.78, 5) is 46.6. The fourth-order valence-corrected chi connectivity index (χ4v) is 4.52. The second kappa shape index (κ2) is 9.71. The number of anilines is 1. The van der Waals surface area contributed by atoms with E-state index in [2.05, 4.69) is 15.3 Å². The second-order valence-corrected chi connectivity index (χ2v) is 8.49. The summed E-state index contributed by atoms with van der Waals surface area (Å²) in [6.45, 7) is 1.72. The van der Waals surface area contributed by atoms with Crippen LogP contribution in [0.15, 0.2) is 53.0 Å². The highest BCUT2D eigenvalue weighted by atomic mass is 32.1. The van der Waals surface area contributed by atoms with Gasteiger partial charge in [0.25, 0.3) is 5.56 Å². The summed E-state index contributed by atoms with van der Waals surface area (Å²) < 4.78 is 12.0. The summed E-state index contributed by atoms with van der Waals surface area (Å²) in [7, 11) is 0. The van der Waals surface area contributed by atoms with Gasteiger partial charge in [-0.2, -0.15) is 0 Å². The number of ether oxygens (including phenoxy) is 2. The number of benzene rings is 1. The van der Waals surface area contributed by atoms with Crippen LogP contribution in [0.1, 0.15) is 15.2 Å². The van der Waals surface area contributed by atoms with E-state index >= 15 is 0 Å². The summed E-state index contributed by atoms with van der Waals surface area (Å²) in [6.07, 6.45) is 2.87. The number of aryl methyl sites for hydroxylation is 1. The number of rotatable bonds is 8. The molecule has 1 aromatic carbocycles. The minimum atomic E-state index is -0.547. The van der Waals surface area contributed by atoms with E-state index in [4.69, 9.17) is 9.47 Å². The molecule has 1 amide bonds. The molecule has 4 rings (SSSR count). The first-order valence-corrected chi connectivity index (χ1v) is 11.3. The van der Waals surface area contributed by atoms with E-state index in [0.29, 0.717) is 31.5 Å². The molecule has 0 bridgehead atoms. The Morgan fingerprint density at radius 2 is 1.97 bits per heavy atom. The zero-order chi connectivity index (χ0) is 22.5. The molecule has 0 aliphatic carbocycles. The number of carbonyl (C=O) groups excluding carboxylic acids is 2. The smallest absolute Gasteiger partial charge is 0.348 e. The number of hydrogen-bond acceptors (Lipinski definition) is 9. The topological polar surface area (TPSA) is 112 Å². The van der Waals surface area contributed by atoms with E-state index in [0.717, 1.165) is 11.3 Å². The Morgan fingerprint density at radius 3 is 2.72 bits per heavy atom. The van der Waals surface area contributed by atoms with Gasteiger partial charge < -0.3 is 14.8 Å². The Morgan fingerprint density at radius 1 is 1.16 bits per heavy atom. The van der Waals surface area contributed by atoms with Crippen LogP contribution in [0.25, 0.3) is 10.2 Å². The predicted molar refractivity (Wildman–Crippen MR) is 122 cm³/mol. The minimum absolute atomic E-state index is 0.0655. The number of nitrogens with one attached hydrogen (secondary N) is 1. The van der Waals surface area contributed by atoms with Gasteiger partial charge in [-0.25, -0.2) is 14.8 Å². The monoisotopic (exact) mass is 470 g/mol. The third-order valence-corrected chi connectivity index (χ3v) is 6.29. The van der Waals surface area contributed by atoms with E-state index in [9.17, 15) is 14.4 Å². The first-order valence-electron chi connectivity index (χ1n) is 9.56. The molecule has 0 radical (unpaired) electrons. The zero-order valence-corrected chi connectivity index (χ0v) is 18.6. The molecule has 0 aliphatic rings. The molecule has 0 unspecified atom stereocenters. The van der Waals surface area contributed by atoms with Crippen molar-refractivity contribution in [2.75, 3.05) is 18.5 Å². The van der Waals surface area contributed by atoms with Gasteiger partial charge in [0.05, 0.1) is 11.7 Å². The summed E-state index contributed by atoms with van der Waals surface area (Å²) in [5.74, 6) is -0.256. The lowest BCUT2D eigenvalue weighted by molar-refractivity contribution is -0.116. The molecular weight excluding hydrogens is 452 g/mol. The maximum absolute atomic E-state index is 12.9. The molecule has 0 atom stereocenters. The molecule has 4 aromatic rings. The Labute approximate surface area is 190 Å². The highest BCUT2D eigenvalue weighted by molar-refractivity contribution is 7.20. The Bertz CT molecular complexity index is 1300. The standard InChI is InChI=1S/C21H18N4O5S2/c1-13-16-18(23-12-25(19(16)27)11-15(26)24-21-22-7-10-31-21)32-17(13)20(28)30-9-8-29-14-5-3-2-4-6-14/h2-7,10,12H,8-9,11H2,1H3,(H,22,24,26). The lowest BCUT2D eigenvalue weighted by atomic mass is 10.2. The lowest BCUT2D eigenvalue weighted by Crippen LogP contribution is -2.27. The highest BCUT2D eigenvalue weighted by Crippen LogP contribution is 2.27.